The number of aromatic nitrogens is 1. The second kappa shape index (κ2) is 12.0. The highest BCUT2D eigenvalue weighted by Crippen LogP contribution is 2.43. The zero-order chi connectivity index (χ0) is 29.4. The maximum absolute atomic E-state index is 14.0. The summed E-state index contributed by atoms with van der Waals surface area (Å²) in [6.45, 7) is 12.3. The predicted octanol–water partition coefficient (Wildman–Crippen LogP) is 7.62. The predicted molar refractivity (Wildman–Crippen MR) is 177 cm³/mol. The van der Waals surface area contributed by atoms with Gasteiger partial charge in [-0.25, -0.2) is 0 Å². The first-order valence-electron chi connectivity index (χ1n) is 16.1. The Hall–Kier alpha value is -2.83. The Morgan fingerprint density at radius 1 is 1.05 bits per heavy atom. The number of nitrogens with zero attached hydrogens (tertiary/aromatic N) is 2. The molecular formula is C36H48N4OS. The standard InChI is InChI=1S/C36H48N4OS/c1-24-19-25(2)21-28(20-24)33-30(14-18-39-16-12-26(13-17-39)7-5-6-15-37)31-22-32(42-34(31)38-33)36(3,4)35(41)40-23-27-8-10-29(40)11-9-27/h12-13,16,19-22,27,29,38H,5-11,14-15,17-18,23,37H2,1-4H3. The third-order valence-electron chi connectivity index (χ3n) is 9.89. The summed E-state index contributed by atoms with van der Waals surface area (Å²) in [5.74, 6) is 1.00. The van der Waals surface area contributed by atoms with E-state index in [0.717, 1.165) is 51.9 Å². The van der Waals surface area contributed by atoms with E-state index in [-0.39, 0.29) is 0 Å². The van der Waals surface area contributed by atoms with E-state index in [1.165, 1.54) is 74.3 Å². The molecule has 4 aliphatic rings. The highest BCUT2D eigenvalue weighted by atomic mass is 32.1. The van der Waals surface area contributed by atoms with E-state index in [1.807, 2.05) is 0 Å². The number of unbranched alkanes of at least 4 members (excludes halogenated alkanes) is 1. The molecule has 3 aliphatic heterocycles. The smallest absolute Gasteiger partial charge is 0.233 e. The number of fused-ring (bicyclic) bond motifs is 4. The number of allylic oxidation sites excluding steroid dienone is 2. The van der Waals surface area contributed by atoms with Crippen LogP contribution in [0.5, 0.6) is 0 Å². The second-order valence-corrected chi connectivity index (χ2v) is 14.6. The number of aromatic amines is 1. The third kappa shape index (κ3) is 5.85. The van der Waals surface area contributed by atoms with Crippen LogP contribution >= 0.6 is 11.3 Å². The van der Waals surface area contributed by atoms with Gasteiger partial charge in [0.25, 0.3) is 0 Å². The van der Waals surface area contributed by atoms with Crippen molar-refractivity contribution in [3.05, 3.63) is 69.8 Å². The fourth-order valence-corrected chi connectivity index (χ4v) is 8.57. The molecule has 2 aromatic heterocycles. The molecule has 2 saturated heterocycles. The number of piperidine rings is 2. The molecule has 5 heterocycles. The molecule has 0 radical (unpaired) electrons. The average Bonchev–Trinajstić information content (AvgIpc) is 3.56. The Morgan fingerprint density at radius 3 is 2.45 bits per heavy atom. The molecule has 1 aromatic carbocycles. The van der Waals surface area contributed by atoms with Crippen LogP contribution in [0, 0.1) is 19.8 Å². The highest BCUT2D eigenvalue weighted by molar-refractivity contribution is 7.19. The first-order valence-corrected chi connectivity index (χ1v) is 16.9. The van der Waals surface area contributed by atoms with Gasteiger partial charge in [-0.2, -0.15) is 0 Å². The molecule has 3 fully saturated rings. The van der Waals surface area contributed by atoms with Crippen molar-refractivity contribution < 1.29 is 4.79 Å². The number of aryl methyl sites for hydroxylation is 2. The fourth-order valence-electron chi connectivity index (χ4n) is 7.39. The van der Waals surface area contributed by atoms with E-state index in [2.05, 4.69) is 85.1 Å². The van der Waals surface area contributed by atoms with Crippen LogP contribution in [0.2, 0.25) is 0 Å². The summed E-state index contributed by atoms with van der Waals surface area (Å²) in [6.07, 6.45) is 16.2. The Balaban J connectivity index is 1.27. The highest BCUT2D eigenvalue weighted by Gasteiger charge is 2.43. The van der Waals surface area contributed by atoms with Crippen molar-refractivity contribution in [2.45, 2.75) is 90.5 Å². The summed E-state index contributed by atoms with van der Waals surface area (Å²) in [7, 11) is 0. The Kier molecular flexibility index (Phi) is 8.39. The van der Waals surface area contributed by atoms with E-state index in [4.69, 9.17) is 5.73 Å². The fraction of sp³-hybridized carbons (Fsp3) is 0.528. The van der Waals surface area contributed by atoms with Crippen molar-refractivity contribution >= 4 is 27.5 Å². The van der Waals surface area contributed by atoms with E-state index in [0.29, 0.717) is 17.9 Å². The lowest BCUT2D eigenvalue weighted by atomic mass is 9.78. The molecule has 3 N–H and O–H groups in total. The number of carbonyl (C=O) groups is 1. The Bertz CT molecular complexity index is 1480. The van der Waals surface area contributed by atoms with Crippen molar-refractivity contribution in [3.8, 4) is 11.3 Å². The number of nitrogens with one attached hydrogen (secondary N) is 1. The Labute approximate surface area is 255 Å². The lowest BCUT2D eigenvalue weighted by Gasteiger charge is -2.47. The van der Waals surface area contributed by atoms with Gasteiger partial charge in [0.05, 0.1) is 11.1 Å². The van der Waals surface area contributed by atoms with E-state index in [9.17, 15) is 4.79 Å². The minimum Gasteiger partial charge on any atom is -0.373 e. The van der Waals surface area contributed by atoms with Crippen molar-refractivity contribution in [2.75, 3.05) is 26.2 Å². The number of hydrogen-bond acceptors (Lipinski definition) is 4. The van der Waals surface area contributed by atoms with Gasteiger partial charge in [0.15, 0.2) is 0 Å². The number of carbonyl (C=O) groups excluding carboxylic acids is 1. The van der Waals surface area contributed by atoms with Gasteiger partial charge in [0.2, 0.25) is 5.91 Å². The second-order valence-electron chi connectivity index (χ2n) is 13.6. The van der Waals surface area contributed by atoms with Gasteiger partial charge >= 0.3 is 0 Å². The van der Waals surface area contributed by atoms with Crippen LogP contribution < -0.4 is 5.73 Å². The molecule has 1 aliphatic carbocycles. The number of benzene rings is 1. The van der Waals surface area contributed by atoms with Crippen molar-refractivity contribution in [3.63, 3.8) is 0 Å². The zero-order valence-electron chi connectivity index (χ0n) is 26.0. The summed E-state index contributed by atoms with van der Waals surface area (Å²) in [6, 6.07) is 9.60. The van der Waals surface area contributed by atoms with Crippen LogP contribution in [0.3, 0.4) is 0 Å². The molecule has 5 nitrogen and oxygen atoms in total. The summed E-state index contributed by atoms with van der Waals surface area (Å²) < 4.78 is 0. The van der Waals surface area contributed by atoms with Gasteiger partial charge in [0, 0.05) is 35.9 Å². The molecule has 6 heteroatoms. The molecule has 224 valence electrons. The first-order chi connectivity index (χ1) is 20.2. The Morgan fingerprint density at radius 2 is 1.81 bits per heavy atom. The zero-order valence-corrected chi connectivity index (χ0v) is 26.8. The minimum atomic E-state index is -0.528. The normalized spacial score (nSPS) is 20.5. The lowest BCUT2D eigenvalue weighted by Crippen LogP contribution is -2.55. The van der Waals surface area contributed by atoms with E-state index in [1.54, 1.807) is 11.3 Å². The molecular weight excluding hydrogens is 536 g/mol. The number of H-pyrrole nitrogens is 1. The van der Waals surface area contributed by atoms with Crippen LogP contribution in [0.1, 0.15) is 80.4 Å². The van der Waals surface area contributed by atoms with Crippen LogP contribution in [0.25, 0.3) is 21.5 Å². The van der Waals surface area contributed by atoms with E-state index >= 15 is 0 Å². The topological polar surface area (TPSA) is 65.4 Å². The number of hydrogen-bond donors (Lipinski definition) is 2. The summed E-state index contributed by atoms with van der Waals surface area (Å²) >= 11 is 1.78. The van der Waals surface area contributed by atoms with E-state index < -0.39 is 5.41 Å². The molecule has 3 aromatic rings. The number of amides is 1. The molecule has 2 bridgehead atoms. The van der Waals surface area contributed by atoms with Crippen molar-refractivity contribution in [1.29, 1.82) is 0 Å². The van der Waals surface area contributed by atoms with Gasteiger partial charge in [-0.15, -0.1) is 11.3 Å². The first kappa shape index (κ1) is 29.3. The van der Waals surface area contributed by atoms with Crippen LogP contribution in [-0.2, 0) is 16.6 Å². The molecule has 0 spiro atoms. The summed E-state index contributed by atoms with van der Waals surface area (Å²) in [5, 5.41) is 1.28. The molecule has 42 heavy (non-hydrogen) atoms. The quantitative estimate of drug-likeness (QED) is 0.241. The van der Waals surface area contributed by atoms with Crippen LogP contribution in [0.4, 0.5) is 0 Å². The molecule has 1 saturated carbocycles. The van der Waals surface area contributed by atoms with Gasteiger partial charge in [-0.3, -0.25) is 4.79 Å². The van der Waals surface area contributed by atoms with Gasteiger partial charge in [-0.05, 0) is 139 Å². The molecule has 0 atom stereocenters. The lowest BCUT2D eigenvalue weighted by molar-refractivity contribution is -0.143. The van der Waals surface area contributed by atoms with Crippen LogP contribution in [0.15, 0.2) is 48.2 Å². The average molecular weight is 585 g/mol. The third-order valence-corrected chi connectivity index (χ3v) is 11.3. The van der Waals surface area contributed by atoms with Gasteiger partial charge in [0.1, 0.15) is 4.83 Å². The van der Waals surface area contributed by atoms with Crippen molar-refractivity contribution in [2.24, 2.45) is 11.7 Å². The number of rotatable bonds is 10. The van der Waals surface area contributed by atoms with Crippen LogP contribution in [-0.4, -0.2) is 52.9 Å². The summed E-state index contributed by atoms with van der Waals surface area (Å²) in [5.41, 5.74) is 13.0. The maximum Gasteiger partial charge on any atom is 0.233 e. The molecule has 1 amide bonds. The molecule has 0 unspecified atom stereocenters. The summed E-state index contributed by atoms with van der Waals surface area (Å²) in [4.78, 5) is 24.8. The maximum atomic E-state index is 14.0. The minimum absolute atomic E-state index is 0.310. The largest absolute Gasteiger partial charge is 0.373 e. The number of thiophene rings is 1. The number of nitrogens with two attached hydrogens (primary N) is 1. The van der Waals surface area contributed by atoms with Gasteiger partial charge < -0.3 is 20.5 Å². The monoisotopic (exact) mass is 584 g/mol. The van der Waals surface area contributed by atoms with Crippen molar-refractivity contribution in [1.82, 2.24) is 14.8 Å². The van der Waals surface area contributed by atoms with Gasteiger partial charge in [-0.1, -0.05) is 23.3 Å². The molecule has 7 rings (SSSR count). The SMILES string of the molecule is Cc1cc(C)cc(-c2[nH]c3sc(C(C)(C)C(=O)N4CC5CCC4CC5)cc3c2CCN2C=CC(CCCCN)=CC2)c1.